The molecule has 1 aromatic carbocycles. The van der Waals surface area contributed by atoms with Gasteiger partial charge in [-0.15, -0.1) is 0 Å². The van der Waals surface area contributed by atoms with E-state index >= 15 is 0 Å². The summed E-state index contributed by atoms with van der Waals surface area (Å²) in [6.07, 6.45) is 2.64. The summed E-state index contributed by atoms with van der Waals surface area (Å²) in [6, 6.07) is 5.15. The minimum atomic E-state index is -0.290. The Kier molecular flexibility index (Phi) is 7.45. The maximum Gasteiger partial charge on any atom is 0.165 e. The summed E-state index contributed by atoms with van der Waals surface area (Å²) in [5, 5.41) is 8.72. The van der Waals surface area contributed by atoms with Crippen molar-refractivity contribution in [2.45, 2.75) is 26.2 Å². The maximum absolute atomic E-state index is 13.6. The number of unbranched alkanes of at least 4 members (excludes halogenated alkanes) is 1. The van der Waals surface area contributed by atoms with E-state index in [0.717, 1.165) is 37.9 Å². The molecular weight excluding hydrogens is 245 g/mol. The Balaban J connectivity index is 2.38. The van der Waals surface area contributed by atoms with E-state index in [0.29, 0.717) is 12.4 Å². The van der Waals surface area contributed by atoms with Crippen LogP contribution in [0.2, 0.25) is 0 Å². The molecule has 0 bridgehead atoms. The first-order valence-electron chi connectivity index (χ1n) is 6.88. The number of aliphatic hydroxyl groups excluding tert-OH is 1. The van der Waals surface area contributed by atoms with Crippen LogP contribution in [0.1, 0.15) is 25.3 Å². The predicted octanol–water partition coefficient (Wildman–Crippen LogP) is 2.47. The molecule has 0 heterocycles. The zero-order valence-corrected chi connectivity index (χ0v) is 11.9. The van der Waals surface area contributed by atoms with Crippen LogP contribution < -0.4 is 4.74 Å². The van der Waals surface area contributed by atoms with E-state index in [9.17, 15) is 4.39 Å². The summed E-state index contributed by atoms with van der Waals surface area (Å²) in [5.41, 5.74) is 0.981. The van der Waals surface area contributed by atoms with E-state index in [-0.39, 0.29) is 12.4 Å². The average molecular weight is 269 g/mol. The van der Waals surface area contributed by atoms with Gasteiger partial charge in [0.1, 0.15) is 0 Å². The molecule has 1 aromatic rings. The molecule has 1 N–H and O–H groups in total. The third-order valence-electron chi connectivity index (χ3n) is 3.03. The smallest absolute Gasteiger partial charge is 0.165 e. The van der Waals surface area contributed by atoms with Crippen molar-refractivity contribution in [2.75, 3.05) is 33.4 Å². The number of halogens is 1. The minimum Gasteiger partial charge on any atom is -0.491 e. The van der Waals surface area contributed by atoms with Crippen molar-refractivity contribution in [3.63, 3.8) is 0 Å². The molecule has 0 fully saturated rings. The van der Waals surface area contributed by atoms with Crippen LogP contribution in [0.5, 0.6) is 5.75 Å². The lowest BCUT2D eigenvalue weighted by Crippen LogP contribution is -2.22. The molecule has 0 unspecified atom stereocenters. The topological polar surface area (TPSA) is 32.7 Å². The molecule has 0 atom stereocenters. The SMILES string of the molecule is CCOc1ccc(CCN(C)CCCCO)cc1F. The molecule has 108 valence electrons. The summed E-state index contributed by atoms with van der Waals surface area (Å²) >= 11 is 0. The van der Waals surface area contributed by atoms with Gasteiger partial charge in [0, 0.05) is 13.2 Å². The van der Waals surface area contributed by atoms with Crippen molar-refractivity contribution < 1.29 is 14.2 Å². The summed E-state index contributed by atoms with van der Waals surface area (Å²) < 4.78 is 18.8. The highest BCUT2D eigenvalue weighted by atomic mass is 19.1. The highest BCUT2D eigenvalue weighted by molar-refractivity contribution is 5.29. The van der Waals surface area contributed by atoms with Crippen molar-refractivity contribution in [1.82, 2.24) is 4.90 Å². The summed E-state index contributed by atoms with van der Waals surface area (Å²) in [6.45, 7) is 4.41. The van der Waals surface area contributed by atoms with E-state index in [1.54, 1.807) is 12.1 Å². The first-order chi connectivity index (χ1) is 9.17. The number of likely N-dealkylation sites (N-methyl/N-ethyl adjacent to an activating group) is 1. The van der Waals surface area contributed by atoms with Crippen LogP contribution in [-0.2, 0) is 6.42 Å². The van der Waals surface area contributed by atoms with Gasteiger partial charge in [0.2, 0.25) is 0 Å². The van der Waals surface area contributed by atoms with E-state index in [2.05, 4.69) is 4.90 Å². The van der Waals surface area contributed by atoms with Gasteiger partial charge in [-0.2, -0.15) is 0 Å². The molecule has 0 aliphatic carbocycles. The fourth-order valence-corrected chi connectivity index (χ4v) is 1.90. The van der Waals surface area contributed by atoms with Gasteiger partial charge in [0.05, 0.1) is 6.61 Å². The van der Waals surface area contributed by atoms with Gasteiger partial charge in [0.15, 0.2) is 11.6 Å². The second-order valence-electron chi connectivity index (χ2n) is 4.68. The third kappa shape index (κ3) is 6.03. The highest BCUT2D eigenvalue weighted by Crippen LogP contribution is 2.18. The van der Waals surface area contributed by atoms with E-state index in [4.69, 9.17) is 9.84 Å². The van der Waals surface area contributed by atoms with Crippen LogP contribution in [-0.4, -0.2) is 43.4 Å². The minimum absolute atomic E-state index is 0.248. The number of aliphatic hydroxyl groups is 1. The van der Waals surface area contributed by atoms with Crippen LogP contribution in [0.25, 0.3) is 0 Å². The third-order valence-corrected chi connectivity index (χ3v) is 3.03. The van der Waals surface area contributed by atoms with Crippen LogP contribution in [0.15, 0.2) is 18.2 Å². The van der Waals surface area contributed by atoms with Crippen LogP contribution in [0.4, 0.5) is 4.39 Å². The van der Waals surface area contributed by atoms with Gasteiger partial charge >= 0.3 is 0 Å². The van der Waals surface area contributed by atoms with Crippen molar-refractivity contribution in [2.24, 2.45) is 0 Å². The Bertz CT molecular complexity index is 371. The molecule has 0 aliphatic rings. The predicted molar refractivity (Wildman–Crippen MR) is 75.1 cm³/mol. The van der Waals surface area contributed by atoms with Crippen LogP contribution in [0, 0.1) is 5.82 Å². The highest BCUT2D eigenvalue weighted by Gasteiger charge is 2.05. The largest absolute Gasteiger partial charge is 0.491 e. The van der Waals surface area contributed by atoms with Crippen molar-refractivity contribution >= 4 is 0 Å². The normalized spacial score (nSPS) is 11.0. The molecule has 0 aliphatic heterocycles. The molecule has 0 spiro atoms. The number of ether oxygens (including phenoxy) is 1. The number of rotatable bonds is 9. The lowest BCUT2D eigenvalue weighted by molar-refractivity contribution is 0.264. The Morgan fingerprint density at radius 2 is 2.05 bits per heavy atom. The molecule has 19 heavy (non-hydrogen) atoms. The molecular formula is C15H24FNO2. The van der Waals surface area contributed by atoms with Crippen molar-refractivity contribution in [3.8, 4) is 5.75 Å². The maximum atomic E-state index is 13.6. The number of hydrogen-bond donors (Lipinski definition) is 1. The second-order valence-corrected chi connectivity index (χ2v) is 4.68. The summed E-state index contributed by atoms with van der Waals surface area (Å²) in [4.78, 5) is 2.20. The molecule has 1 rings (SSSR count). The molecule has 0 radical (unpaired) electrons. The molecule has 0 amide bonds. The standard InChI is InChI=1S/C15H24FNO2/c1-3-19-15-7-6-13(12-14(15)16)8-10-17(2)9-4-5-11-18/h6-7,12,18H,3-5,8-11H2,1-2H3. The molecule has 3 nitrogen and oxygen atoms in total. The quantitative estimate of drug-likeness (QED) is 0.699. The average Bonchev–Trinajstić information content (AvgIpc) is 2.40. The Hall–Kier alpha value is -1.13. The Labute approximate surface area is 115 Å². The lowest BCUT2D eigenvalue weighted by Gasteiger charge is -2.16. The van der Waals surface area contributed by atoms with Gasteiger partial charge < -0.3 is 14.7 Å². The van der Waals surface area contributed by atoms with Crippen molar-refractivity contribution in [3.05, 3.63) is 29.6 Å². The van der Waals surface area contributed by atoms with Gasteiger partial charge in [-0.05, 0) is 57.5 Å². The molecule has 0 aromatic heterocycles. The van der Waals surface area contributed by atoms with Gasteiger partial charge in [-0.3, -0.25) is 0 Å². The number of benzene rings is 1. The first kappa shape index (κ1) is 15.9. The van der Waals surface area contributed by atoms with Crippen molar-refractivity contribution in [1.29, 1.82) is 0 Å². The zero-order valence-electron chi connectivity index (χ0n) is 11.9. The van der Waals surface area contributed by atoms with Gasteiger partial charge in [0.25, 0.3) is 0 Å². The fraction of sp³-hybridized carbons (Fsp3) is 0.600. The first-order valence-corrected chi connectivity index (χ1v) is 6.88. The number of hydrogen-bond acceptors (Lipinski definition) is 3. The van der Waals surface area contributed by atoms with Gasteiger partial charge in [-0.25, -0.2) is 4.39 Å². The Morgan fingerprint density at radius 1 is 1.26 bits per heavy atom. The summed E-state index contributed by atoms with van der Waals surface area (Å²) in [7, 11) is 2.04. The monoisotopic (exact) mass is 269 g/mol. The van der Waals surface area contributed by atoms with E-state index in [1.165, 1.54) is 0 Å². The van der Waals surface area contributed by atoms with E-state index < -0.39 is 0 Å². The van der Waals surface area contributed by atoms with Crippen LogP contribution in [0.3, 0.4) is 0 Å². The lowest BCUT2D eigenvalue weighted by atomic mass is 10.1. The Morgan fingerprint density at radius 3 is 2.68 bits per heavy atom. The second kappa shape index (κ2) is 8.88. The van der Waals surface area contributed by atoms with Crippen LogP contribution >= 0.6 is 0 Å². The number of nitrogens with zero attached hydrogens (tertiary/aromatic N) is 1. The molecule has 4 heteroatoms. The zero-order chi connectivity index (χ0) is 14.1. The summed E-state index contributed by atoms with van der Waals surface area (Å²) in [5.74, 6) is 0.0323. The molecule has 0 saturated heterocycles. The van der Waals surface area contributed by atoms with Gasteiger partial charge in [-0.1, -0.05) is 6.07 Å². The fourth-order valence-electron chi connectivity index (χ4n) is 1.90. The van der Waals surface area contributed by atoms with E-state index in [1.807, 2.05) is 20.0 Å². The molecule has 0 saturated carbocycles.